The van der Waals surface area contributed by atoms with Gasteiger partial charge in [0.05, 0.1) is 22.8 Å². The van der Waals surface area contributed by atoms with Gasteiger partial charge in [0.15, 0.2) is 5.82 Å². The summed E-state index contributed by atoms with van der Waals surface area (Å²) in [5.74, 6) is 1.87. The van der Waals surface area contributed by atoms with Crippen LogP contribution in [0, 0.1) is 5.41 Å². The van der Waals surface area contributed by atoms with Crippen molar-refractivity contribution in [1.29, 1.82) is 0 Å². The summed E-state index contributed by atoms with van der Waals surface area (Å²) in [6, 6.07) is 5.94. The van der Waals surface area contributed by atoms with Crippen molar-refractivity contribution in [3.05, 3.63) is 45.6 Å². The Hall–Kier alpha value is -1.89. The molecule has 29 heavy (non-hydrogen) atoms. The zero-order valence-corrected chi connectivity index (χ0v) is 18.6. The van der Waals surface area contributed by atoms with Gasteiger partial charge in [-0.15, -0.1) is 5.10 Å². The largest absolute Gasteiger partial charge is 0.361 e. The molecule has 0 saturated carbocycles. The van der Waals surface area contributed by atoms with E-state index < -0.39 is 0 Å². The molecule has 2 aliphatic rings. The van der Waals surface area contributed by atoms with Crippen molar-refractivity contribution in [3.8, 4) is 0 Å². The van der Waals surface area contributed by atoms with Crippen molar-refractivity contribution in [1.82, 2.24) is 15.1 Å². The number of likely N-dealkylation sites (tertiary alicyclic amines) is 1. The molecule has 6 nitrogen and oxygen atoms in total. The van der Waals surface area contributed by atoms with E-state index in [1.807, 2.05) is 37.2 Å². The van der Waals surface area contributed by atoms with Crippen LogP contribution in [-0.2, 0) is 13.0 Å². The van der Waals surface area contributed by atoms with Crippen molar-refractivity contribution in [2.45, 2.75) is 25.8 Å². The average Bonchev–Trinajstić information content (AvgIpc) is 2.70. The van der Waals surface area contributed by atoms with Gasteiger partial charge in [-0.2, -0.15) is 5.10 Å². The summed E-state index contributed by atoms with van der Waals surface area (Å²) < 4.78 is 0. The summed E-state index contributed by atoms with van der Waals surface area (Å²) in [5.41, 5.74) is 3.26. The highest BCUT2D eigenvalue weighted by Crippen LogP contribution is 2.44. The molecule has 1 aromatic carbocycles. The number of piperidine rings is 1. The number of nitrogens with one attached hydrogen (secondary N) is 1. The van der Waals surface area contributed by atoms with Crippen molar-refractivity contribution < 1.29 is 0 Å². The van der Waals surface area contributed by atoms with E-state index in [-0.39, 0.29) is 5.41 Å². The number of amidine groups is 1. The predicted octanol–water partition coefficient (Wildman–Crippen LogP) is 4.13. The molecule has 2 aliphatic heterocycles. The summed E-state index contributed by atoms with van der Waals surface area (Å²) in [7, 11) is 6.10. The van der Waals surface area contributed by atoms with Crippen molar-refractivity contribution >= 4 is 40.5 Å². The van der Waals surface area contributed by atoms with Crippen molar-refractivity contribution in [3.63, 3.8) is 0 Å². The molecule has 1 spiro atoms. The van der Waals surface area contributed by atoms with E-state index in [4.69, 9.17) is 28.2 Å². The van der Waals surface area contributed by atoms with Crippen LogP contribution in [0.1, 0.15) is 24.0 Å². The predicted molar refractivity (Wildman–Crippen MR) is 120 cm³/mol. The normalized spacial score (nSPS) is 19.8. The summed E-state index contributed by atoms with van der Waals surface area (Å²) >= 11 is 12.6. The molecular weight excluding hydrogens is 407 g/mol. The molecular formula is C21H26Cl2N6. The second-order valence-corrected chi connectivity index (χ2v) is 9.10. The number of rotatable bonds is 3. The first-order chi connectivity index (χ1) is 13.9. The quantitative estimate of drug-likeness (QED) is 0.789. The number of aromatic nitrogens is 2. The molecule has 154 valence electrons. The number of aliphatic imine (C=N–C) groups is 1. The Morgan fingerprint density at radius 1 is 1.17 bits per heavy atom. The summed E-state index contributed by atoms with van der Waals surface area (Å²) in [6.45, 7) is 2.67. The molecule has 1 fully saturated rings. The van der Waals surface area contributed by atoms with Gasteiger partial charge in [-0.25, -0.2) is 0 Å². The van der Waals surface area contributed by atoms with E-state index in [0.29, 0.717) is 16.6 Å². The van der Waals surface area contributed by atoms with E-state index in [1.54, 1.807) is 6.20 Å². The molecule has 3 heterocycles. The van der Waals surface area contributed by atoms with E-state index in [1.165, 1.54) is 5.56 Å². The Morgan fingerprint density at radius 2 is 1.90 bits per heavy atom. The van der Waals surface area contributed by atoms with Gasteiger partial charge >= 0.3 is 0 Å². The molecule has 8 heteroatoms. The number of fused-ring (bicyclic) bond motifs is 1. The third-order valence-corrected chi connectivity index (χ3v) is 6.67. The van der Waals surface area contributed by atoms with Crippen LogP contribution in [0.3, 0.4) is 0 Å². The second-order valence-electron chi connectivity index (χ2n) is 8.29. The fourth-order valence-electron chi connectivity index (χ4n) is 4.10. The van der Waals surface area contributed by atoms with Gasteiger partial charge in [0.2, 0.25) is 0 Å². The van der Waals surface area contributed by atoms with Crippen LogP contribution in [0.2, 0.25) is 10.0 Å². The SMILES string of the molecule is CN1CCC2(CC1)Cc1cc(Cl)c(Cl)cc1NC2=NCc1cnnc(N(C)C)c1. The second kappa shape index (κ2) is 8.09. The summed E-state index contributed by atoms with van der Waals surface area (Å²) in [4.78, 5) is 9.36. The highest BCUT2D eigenvalue weighted by Gasteiger charge is 2.42. The lowest BCUT2D eigenvalue weighted by molar-refractivity contribution is 0.178. The first-order valence-corrected chi connectivity index (χ1v) is 10.6. The zero-order valence-electron chi connectivity index (χ0n) is 17.0. The van der Waals surface area contributed by atoms with E-state index >= 15 is 0 Å². The Balaban J connectivity index is 1.67. The van der Waals surface area contributed by atoms with Crippen LogP contribution >= 0.6 is 23.2 Å². The molecule has 0 atom stereocenters. The first-order valence-electron chi connectivity index (χ1n) is 9.84. The smallest absolute Gasteiger partial charge is 0.151 e. The van der Waals surface area contributed by atoms with Gasteiger partial charge in [-0.1, -0.05) is 23.2 Å². The van der Waals surface area contributed by atoms with E-state index in [0.717, 1.165) is 55.3 Å². The number of benzene rings is 1. The number of halogens is 2. The van der Waals surface area contributed by atoms with Gasteiger partial charge in [-0.3, -0.25) is 4.99 Å². The van der Waals surface area contributed by atoms with Crippen LogP contribution in [0.25, 0.3) is 0 Å². The molecule has 0 bridgehead atoms. The number of nitrogens with zero attached hydrogens (tertiary/aromatic N) is 5. The fraction of sp³-hybridized carbons (Fsp3) is 0.476. The molecule has 0 unspecified atom stereocenters. The Labute approximate surface area is 181 Å². The standard InChI is InChI=1S/C21H26Cl2N6/c1-28(2)19-8-14(13-25-27-19)12-24-20-21(4-6-29(3)7-5-21)11-15-9-16(22)17(23)10-18(15)26-20/h8-10,13H,4-7,11-12H2,1-3H3,(H,24,26). The highest BCUT2D eigenvalue weighted by molar-refractivity contribution is 6.42. The van der Waals surface area contributed by atoms with Crippen LogP contribution in [0.5, 0.6) is 0 Å². The summed E-state index contributed by atoms with van der Waals surface area (Å²) in [6.07, 6.45) is 4.83. The minimum atomic E-state index is 0.00149. The maximum Gasteiger partial charge on any atom is 0.151 e. The molecule has 1 saturated heterocycles. The number of anilines is 2. The van der Waals surface area contributed by atoms with Crippen LogP contribution in [0.15, 0.2) is 29.4 Å². The lowest BCUT2D eigenvalue weighted by Gasteiger charge is -2.45. The Morgan fingerprint density at radius 3 is 2.62 bits per heavy atom. The van der Waals surface area contributed by atoms with Crippen molar-refractivity contribution in [2.75, 3.05) is 44.4 Å². The number of hydrogen-bond acceptors (Lipinski definition) is 5. The third-order valence-electron chi connectivity index (χ3n) is 5.95. The maximum absolute atomic E-state index is 6.30. The minimum absolute atomic E-state index is 0.00149. The van der Waals surface area contributed by atoms with Gasteiger partial charge in [0.1, 0.15) is 5.84 Å². The van der Waals surface area contributed by atoms with Crippen LogP contribution in [0.4, 0.5) is 11.5 Å². The summed E-state index contributed by atoms with van der Waals surface area (Å²) in [5, 5.41) is 13.0. The Kier molecular flexibility index (Phi) is 5.69. The highest BCUT2D eigenvalue weighted by atomic mass is 35.5. The number of hydrogen-bond donors (Lipinski definition) is 1. The molecule has 0 amide bonds. The van der Waals surface area contributed by atoms with Crippen LogP contribution < -0.4 is 10.2 Å². The monoisotopic (exact) mass is 432 g/mol. The maximum atomic E-state index is 6.30. The molecule has 0 aliphatic carbocycles. The molecule has 1 aromatic heterocycles. The lowest BCUT2D eigenvalue weighted by atomic mass is 9.70. The molecule has 4 rings (SSSR count). The van der Waals surface area contributed by atoms with Crippen molar-refractivity contribution in [2.24, 2.45) is 10.4 Å². The zero-order chi connectivity index (χ0) is 20.6. The first kappa shape index (κ1) is 20.4. The minimum Gasteiger partial charge on any atom is -0.361 e. The van der Waals surface area contributed by atoms with E-state index in [2.05, 4.69) is 27.5 Å². The molecule has 1 N–H and O–H groups in total. The average molecular weight is 433 g/mol. The molecule has 2 aromatic rings. The van der Waals surface area contributed by atoms with E-state index in [9.17, 15) is 0 Å². The van der Waals surface area contributed by atoms with Gasteiger partial charge in [0, 0.05) is 25.2 Å². The van der Waals surface area contributed by atoms with Gasteiger partial charge in [-0.05, 0) is 68.7 Å². The topological polar surface area (TPSA) is 56.6 Å². The lowest BCUT2D eigenvalue weighted by Crippen LogP contribution is -2.49. The van der Waals surface area contributed by atoms with Gasteiger partial charge in [0.25, 0.3) is 0 Å². The molecule has 0 radical (unpaired) electrons. The van der Waals surface area contributed by atoms with Crippen LogP contribution in [-0.4, -0.2) is 55.2 Å². The van der Waals surface area contributed by atoms with Gasteiger partial charge < -0.3 is 15.1 Å². The Bertz CT molecular complexity index is 935. The third kappa shape index (κ3) is 4.20. The fourth-order valence-corrected chi connectivity index (χ4v) is 4.45.